The number of hydrogen-bond donors (Lipinski definition) is 2. The van der Waals surface area contributed by atoms with Gasteiger partial charge < -0.3 is 14.9 Å². The Morgan fingerprint density at radius 2 is 1.08 bits per heavy atom. The van der Waals surface area contributed by atoms with Crippen molar-refractivity contribution in [2.45, 2.75) is 118 Å². The predicted molar refractivity (Wildman–Crippen MR) is 105 cm³/mol. The summed E-state index contributed by atoms with van der Waals surface area (Å²) in [6.07, 6.45) is 10.7. The standard InChI is InChI=1S/C18H38O.C3H8O2/c1-7-11-13-17(9-3)15(5)19-16(6)18(10-4)14-12-8-2;1-3(5)2-4/h15-18H,7-14H2,1-6H3;3-5H,2H2,1H3. The number of rotatable bonds is 13. The Hall–Kier alpha value is -0.120. The summed E-state index contributed by atoms with van der Waals surface area (Å²) in [5, 5.41) is 16.0. The van der Waals surface area contributed by atoms with E-state index in [4.69, 9.17) is 14.9 Å². The third-order valence-corrected chi connectivity index (χ3v) is 4.93. The van der Waals surface area contributed by atoms with Gasteiger partial charge >= 0.3 is 0 Å². The average Bonchev–Trinajstić information content (AvgIpc) is 2.56. The molecule has 0 bridgehead atoms. The molecule has 148 valence electrons. The molecule has 0 heterocycles. The van der Waals surface area contributed by atoms with E-state index in [1.165, 1.54) is 58.3 Å². The second-order valence-electron chi connectivity index (χ2n) is 7.20. The van der Waals surface area contributed by atoms with E-state index < -0.39 is 6.10 Å². The maximum Gasteiger partial charge on any atom is 0.0742 e. The summed E-state index contributed by atoms with van der Waals surface area (Å²) in [6, 6.07) is 0. The lowest BCUT2D eigenvalue weighted by atomic mass is 9.92. The van der Waals surface area contributed by atoms with Crippen LogP contribution in [0.15, 0.2) is 0 Å². The van der Waals surface area contributed by atoms with Gasteiger partial charge in [0.25, 0.3) is 0 Å². The summed E-state index contributed by atoms with van der Waals surface area (Å²) in [4.78, 5) is 0. The van der Waals surface area contributed by atoms with Crippen LogP contribution in [0.4, 0.5) is 0 Å². The van der Waals surface area contributed by atoms with Crippen LogP contribution in [0.3, 0.4) is 0 Å². The number of aliphatic hydroxyl groups is 2. The van der Waals surface area contributed by atoms with Crippen molar-refractivity contribution in [3.05, 3.63) is 0 Å². The van der Waals surface area contributed by atoms with Gasteiger partial charge in [-0.2, -0.15) is 0 Å². The predicted octanol–water partition coefficient (Wildman–Crippen LogP) is 5.57. The molecule has 0 aromatic rings. The van der Waals surface area contributed by atoms with Crippen LogP contribution in [0, 0.1) is 11.8 Å². The van der Waals surface area contributed by atoms with Crippen molar-refractivity contribution < 1.29 is 14.9 Å². The number of unbranched alkanes of at least 4 members (excludes halogenated alkanes) is 2. The van der Waals surface area contributed by atoms with Crippen molar-refractivity contribution in [3.8, 4) is 0 Å². The van der Waals surface area contributed by atoms with E-state index in [1.807, 2.05) is 0 Å². The molecule has 0 spiro atoms. The Morgan fingerprint density at radius 3 is 1.29 bits per heavy atom. The SMILES string of the molecule is CC(O)CO.CCCCC(CC)C(C)OC(C)C(CC)CCCC. The molecule has 0 aliphatic rings. The molecule has 0 saturated heterocycles. The van der Waals surface area contributed by atoms with E-state index in [1.54, 1.807) is 0 Å². The van der Waals surface area contributed by atoms with Crippen LogP contribution in [0.25, 0.3) is 0 Å². The quantitative estimate of drug-likeness (QED) is 0.458. The molecule has 0 amide bonds. The lowest BCUT2D eigenvalue weighted by Crippen LogP contribution is -2.29. The van der Waals surface area contributed by atoms with Crippen molar-refractivity contribution in [2.24, 2.45) is 11.8 Å². The molecule has 0 rings (SSSR count). The second-order valence-corrected chi connectivity index (χ2v) is 7.20. The van der Waals surface area contributed by atoms with Crippen LogP contribution in [0.5, 0.6) is 0 Å². The van der Waals surface area contributed by atoms with Crippen LogP contribution < -0.4 is 0 Å². The van der Waals surface area contributed by atoms with Gasteiger partial charge in [-0.05, 0) is 45.4 Å². The minimum absolute atomic E-state index is 0.139. The van der Waals surface area contributed by atoms with Crippen LogP contribution in [-0.2, 0) is 4.74 Å². The minimum Gasteiger partial charge on any atom is -0.394 e. The normalized spacial score (nSPS) is 17.4. The summed E-state index contributed by atoms with van der Waals surface area (Å²) in [5.41, 5.74) is 0. The number of ether oxygens (including phenoxy) is 1. The molecule has 24 heavy (non-hydrogen) atoms. The highest BCUT2D eigenvalue weighted by Gasteiger charge is 2.22. The van der Waals surface area contributed by atoms with E-state index in [-0.39, 0.29) is 6.61 Å². The Morgan fingerprint density at radius 1 is 0.750 bits per heavy atom. The molecule has 0 aliphatic carbocycles. The Balaban J connectivity index is 0. The minimum atomic E-state index is -0.560. The summed E-state index contributed by atoms with van der Waals surface area (Å²) in [5.74, 6) is 1.48. The molecule has 0 aromatic carbocycles. The molecular formula is C21H46O3. The maximum absolute atomic E-state index is 8.11. The molecule has 0 fully saturated rings. The fraction of sp³-hybridized carbons (Fsp3) is 1.00. The summed E-state index contributed by atoms with van der Waals surface area (Å²) in [6.45, 7) is 15.1. The van der Waals surface area contributed by atoms with Crippen LogP contribution in [-0.4, -0.2) is 35.1 Å². The van der Waals surface area contributed by atoms with Crippen molar-refractivity contribution >= 4 is 0 Å². The van der Waals surface area contributed by atoms with E-state index in [2.05, 4.69) is 41.5 Å². The monoisotopic (exact) mass is 346 g/mol. The van der Waals surface area contributed by atoms with Gasteiger partial charge in [-0.25, -0.2) is 0 Å². The zero-order valence-electron chi connectivity index (χ0n) is 17.6. The molecule has 0 radical (unpaired) electrons. The van der Waals surface area contributed by atoms with Gasteiger partial charge in [-0.1, -0.05) is 66.2 Å². The largest absolute Gasteiger partial charge is 0.394 e. The van der Waals surface area contributed by atoms with Crippen LogP contribution in [0.2, 0.25) is 0 Å². The molecule has 3 heteroatoms. The fourth-order valence-corrected chi connectivity index (χ4v) is 3.03. The average molecular weight is 347 g/mol. The first-order chi connectivity index (χ1) is 11.4. The highest BCUT2D eigenvalue weighted by atomic mass is 16.5. The zero-order chi connectivity index (χ0) is 19.0. The highest BCUT2D eigenvalue weighted by Crippen LogP contribution is 2.25. The molecule has 5 unspecified atom stereocenters. The van der Waals surface area contributed by atoms with Gasteiger partial charge in [0.2, 0.25) is 0 Å². The van der Waals surface area contributed by atoms with Gasteiger partial charge in [-0.3, -0.25) is 0 Å². The smallest absolute Gasteiger partial charge is 0.0742 e. The van der Waals surface area contributed by atoms with Gasteiger partial charge in [0, 0.05) is 0 Å². The van der Waals surface area contributed by atoms with Gasteiger partial charge in [0.05, 0.1) is 24.9 Å². The summed E-state index contributed by atoms with van der Waals surface area (Å²) >= 11 is 0. The second kappa shape index (κ2) is 17.7. The Labute approximate surface area is 152 Å². The summed E-state index contributed by atoms with van der Waals surface area (Å²) < 4.78 is 6.35. The van der Waals surface area contributed by atoms with Crippen molar-refractivity contribution in [1.29, 1.82) is 0 Å². The van der Waals surface area contributed by atoms with E-state index in [0.717, 1.165) is 11.8 Å². The topological polar surface area (TPSA) is 49.7 Å². The van der Waals surface area contributed by atoms with Crippen LogP contribution >= 0.6 is 0 Å². The van der Waals surface area contributed by atoms with E-state index in [9.17, 15) is 0 Å². The lowest BCUT2D eigenvalue weighted by Gasteiger charge is -2.30. The third kappa shape index (κ3) is 14.2. The van der Waals surface area contributed by atoms with Gasteiger partial charge in [0.1, 0.15) is 0 Å². The molecule has 0 aromatic heterocycles. The van der Waals surface area contributed by atoms with Gasteiger partial charge in [0.15, 0.2) is 0 Å². The van der Waals surface area contributed by atoms with Gasteiger partial charge in [-0.15, -0.1) is 0 Å². The van der Waals surface area contributed by atoms with Crippen molar-refractivity contribution in [2.75, 3.05) is 6.61 Å². The first kappa shape index (κ1) is 26.1. The zero-order valence-corrected chi connectivity index (χ0v) is 17.6. The molecule has 0 aliphatic heterocycles. The third-order valence-electron chi connectivity index (χ3n) is 4.93. The van der Waals surface area contributed by atoms with E-state index in [0.29, 0.717) is 12.2 Å². The first-order valence-electron chi connectivity index (χ1n) is 10.3. The molecule has 5 atom stereocenters. The van der Waals surface area contributed by atoms with Crippen LogP contribution in [0.1, 0.15) is 99.8 Å². The number of aliphatic hydroxyl groups excluding tert-OH is 2. The Bertz CT molecular complexity index is 223. The molecular weight excluding hydrogens is 300 g/mol. The summed E-state index contributed by atoms with van der Waals surface area (Å²) in [7, 11) is 0. The fourth-order valence-electron chi connectivity index (χ4n) is 3.03. The van der Waals surface area contributed by atoms with E-state index >= 15 is 0 Å². The number of hydrogen-bond acceptors (Lipinski definition) is 3. The lowest BCUT2D eigenvalue weighted by molar-refractivity contribution is -0.0557. The molecule has 2 N–H and O–H groups in total. The Kier molecular flexibility index (Phi) is 19.3. The molecule has 3 nitrogen and oxygen atoms in total. The molecule has 0 saturated carbocycles. The maximum atomic E-state index is 8.11. The highest BCUT2D eigenvalue weighted by molar-refractivity contribution is 4.71. The first-order valence-corrected chi connectivity index (χ1v) is 10.3. The van der Waals surface area contributed by atoms with Crippen molar-refractivity contribution in [1.82, 2.24) is 0 Å². The van der Waals surface area contributed by atoms with Crippen molar-refractivity contribution in [3.63, 3.8) is 0 Å².